The molecule has 0 spiro atoms. The molecule has 0 radical (unpaired) electrons. The van der Waals surface area contributed by atoms with E-state index in [0.29, 0.717) is 5.57 Å². The summed E-state index contributed by atoms with van der Waals surface area (Å²) in [6, 6.07) is 15.0. The van der Waals surface area contributed by atoms with Crippen LogP contribution in [0.3, 0.4) is 0 Å². The number of amides is 1. The van der Waals surface area contributed by atoms with Gasteiger partial charge in [0, 0.05) is 14.1 Å². The second kappa shape index (κ2) is 10.3. The molecule has 0 aromatic heterocycles. The number of rotatable bonds is 9. The van der Waals surface area contributed by atoms with Crippen molar-refractivity contribution in [1.29, 1.82) is 0 Å². The Labute approximate surface area is 178 Å². The van der Waals surface area contributed by atoms with E-state index in [9.17, 15) is 13.2 Å². The fourth-order valence-corrected chi connectivity index (χ4v) is 4.17. The number of carbonyl (C=O) groups is 1. The maximum Gasteiger partial charge on any atom is 0.409 e. The van der Waals surface area contributed by atoms with Gasteiger partial charge in [-0.25, -0.2) is 17.9 Å². The van der Waals surface area contributed by atoms with Crippen LogP contribution in [0.2, 0.25) is 0 Å². The van der Waals surface area contributed by atoms with Crippen molar-refractivity contribution < 1.29 is 22.7 Å². The second-order valence-corrected chi connectivity index (χ2v) is 8.70. The fourth-order valence-electron chi connectivity index (χ4n) is 2.77. The van der Waals surface area contributed by atoms with Crippen molar-refractivity contribution in [3.05, 3.63) is 72.3 Å². The molecule has 30 heavy (non-hydrogen) atoms. The van der Waals surface area contributed by atoms with E-state index in [2.05, 4.69) is 11.3 Å². The molecule has 2 atom stereocenters. The van der Waals surface area contributed by atoms with Gasteiger partial charge in [0.25, 0.3) is 0 Å². The Morgan fingerprint density at radius 2 is 1.70 bits per heavy atom. The van der Waals surface area contributed by atoms with Gasteiger partial charge in [-0.2, -0.15) is 0 Å². The van der Waals surface area contributed by atoms with E-state index < -0.39 is 28.3 Å². The molecule has 0 heterocycles. The number of carbonyl (C=O) groups excluding carboxylic acids is 1. The highest BCUT2D eigenvalue weighted by Gasteiger charge is 2.26. The average Bonchev–Trinajstić information content (AvgIpc) is 2.73. The lowest BCUT2D eigenvalue weighted by Crippen LogP contribution is -2.31. The zero-order chi connectivity index (χ0) is 22.3. The van der Waals surface area contributed by atoms with E-state index in [-0.39, 0.29) is 17.1 Å². The quantitative estimate of drug-likeness (QED) is 0.610. The standard InChI is InChI=1S/C22H28N2O5S/c1-16(17(2)29-22(25)24(3)4)15-19(18-11-7-6-8-12-18)23-30(26,27)21-14-10-9-13-20(21)28-5/h6-14,17,19,23H,1,15H2,2-5H3/t17-,19-/m1/s1. The van der Waals surface area contributed by atoms with Gasteiger partial charge in [0.1, 0.15) is 16.7 Å². The first-order valence-corrected chi connectivity index (χ1v) is 10.9. The van der Waals surface area contributed by atoms with Gasteiger partial charge in [-0.15, -0.1) is 0 Å². The first kappa shape index (κ1) is 23.4. The number of hydrogen-bond donors (Lipinski definition) is 1. The summed E-state index contributed by atoms with van der Waals surface area (Å²) in [5.41, 5.74) is 1.35. The van der Waals surface area contributed by atoms with Gasteiger partial charge in [-0.1, -0.05) is 49.0 Å². The molecule has 0 fully saturated rings. The second-order valence-electron chi connectivity index (χ2n) is 7.02. The summed E-state index contributed by atoms with van der Waals surface area (Å²) in [6.07, 6.45) is -0.823. The first-order valence-electron chi connectivity index (χ1n) is 9.41. The van der Waals surface area contributed by atoms with Gasteiger partial charge < -0.3 is 14.4 Å². The highest BCUT2D eigenvalue weighted by Crippen LogP contribution is 2.28. The van der Waals surface area contributed by atoms with Crippen LogP contribution in [0.1, 0.15) is 24.9 Å². The van der Waals surface area contributed by atoms with E-state index in [1.54, 1.807) is 39.2 Å². The van der Waals surface area contributed by atoms with Crippen molar-refractivity contribution in [3.8, 4) is 5.75 Å². The number of methoxy groups -OCH3 is 1. The zero-order valence-corrected chi connectivity index (χ0v) is 18.5. The van der Waals surface area contributed by atoms with Crippen molar-refractivity contribution in [3.63, 3.8) is 0 Å². The number of ether oxygens (including phenoxy) is 2. The molecule has 1 amide bonds. The minimum absolute atomic E-state index is 0.0473. The summed E-state index contributed by atoms with van der Waals surface area (Å²) in [5.74, 6) is 0.254. The van der Waals surface area contributed by atoms with Crippen LogP contribution in [0, 0.1) is 0 Å². The number of nitrogens with one attached hydrogen (secondary N) is 1. The highest BCUT2D eigenvalue weighted by atomic mass is 32.2. The normalized spacial score (nSPS) is 13.2. The summed E-state index contributed by atoms with van der Waals surface area (Å²) in [4.78, 5) is 13.2. The molecule has 2 aromatic carbocycles. The monoisotopic (exact) mass is 432 g/mol. The summed E-state index contributed by atoms with van der Waals surface area (Å²) in [5, 5.41) is 0. The Bertz CT molecular complexity index is 974. The molecule has 0 saturated carbocycles. The molecule has 162 valence electrons. The Balaban J connectivity index is 2.28. The predicted molar refractivity (Wildman–Crippen MR) is 116 cm³/mol. The first-order chi connectivity index (χ1) is 14.2. The van der Waals surface area contributed by atoms with Gasteiger partial charge in [0.15, 0.2) is 0 Å². The van der Waals surface area contributed by atoms with Crippen LogP contribution in [0.4, 0.5) is 4.79 Å². The maximum atomic E-state index is 13.1. The van der Waals surface area contributed by atoms with Crippen LogP contribution < -0.4 is 9.46 Å². The van der Waals surface area contributed by atoms with Crippen LogP contribution in [0.25, 0.3) is 0 Å². The zero-order valence-electron chi connectivity index (χ0n) is 17.7. The van der Waals surface area contributed by atoms with Crippen molar-refractivity contribution in [2.45, 2.75) is 30.4 Å². The third kappa shape index (κ3) is 6.08. The topological polar surface area (TPSA) is 84.9 Å². The number of hydrogen-bond acceptors (Lipinski definition) is 5. The Kier molecular flexibility index (Phi) is 8.02. The SMILES string of the molecule is C=C(C[C@@H](NS(=O)(=O)c1ccccc1OC)c1ccccc1)[C@@H](C)OC(=O)N(C)C. The molecular weight excluding hydrogens is 404 g/mol. The van der Waals surface area contributed by atoms with Crippen molar-refractivity contribution in [1.82, 2.24) is 9.62 Å². The van der Waals surface area contributed by atoms with E-state index in [0.717, 1.165) is 5.56 Å². The van der Waals surface area contributed by atoms with Crippen LogP contribution in [0.15, 0.2) is 71.6 Å². The molecule has 0 unspecified atom stereocenters. The van der Waals surface area contributed by atoms with Crippen LogP contribution in [-0.4, -0.2) is 46.7 Å². The van der Waals surface area contributed by atoms with Crippen LogP contribution >= 0.6 is 0 Å². The van der Waals surface area contributed by atoms with E-state index >= 15 is 0 Å². The predicted octanol–water partition coefficient (Wildman–Crippen LogP) is 3.75. The summed E-state index contributed by atoms with van der Waals surface area (Å²) in [6.45, 7) is 5.72. The van der Waals surface area contributed by atoms with Crippen molar-refractivity contribution in [2.75, 3.05) is 21.2 Å². The van der Waals surface area contributed by atoms with Crippen LogP contribution in [-0.2, 0) is 14.8 Å². The van der Waals surface area contributed by atoms with E-state index in [4.69, 9.17) is 9.47 Å². The lowest BCUT2D eigenvalue weighted by atomic mass is 9.98. The van der Waals surface area contributed by atoms with Gasteiger partial charge >= 0.3 is 6.09 Å². The largest absolute Gasteiger partial charge is 0.495 e. The number of benzene rings is 2. The van der Waals surface area contributed by atoms with Gasteiger partial charge in [-0.3, -0.25) is 0 Å². The molecule has 0 aliphatic carbocycles. The summed E-state index contributed by atoms with van der Waals surface area (Å²) < 4.78 is 39.5. The number of nitrogens with zero attached hydrogens (tertiary/aromatic N) is 1. The Morgan fingerprint density at radius 1 is 1.10 bits per heavy atom. The van der Waals surface area contributed by atoms with Gasteiger partial charge in [0.05, 0.1) is 13.2 Å². The molecule has 0 bridgehead atoms. The van der Waals surface area contributed by atoms with Crippen molar-refractivity contribution in [2.24, 2.45) is 0 Å². The molecule has 0 saturated heterocycles. The van der Waals surface area contributed by atoms with Gasteiger partial charge in [0.2, 0.25) is 10.0 Å². The smallest absolute Gasteiger partial charge is 0.409 e. The summed E-state index contributed by atoms with van der Waals surface area (Å²) >= 11 is 0. The van der Waals surface area contributed by atoms with Crippen molar-refractivity contribution >= 4 is 16.1 Å². The molecule has 0 aliphatic rings. The number of para-hydroxylation sites is 1. The molecule has 7 nitrogen and oxygen atoms in total. The third-order valence-corrected chi connectivity index (χ3v) is 6.05. The highest BCUT2D eigenvalue weighted by molar-refractivity contribution is 7.89. The van der Waals surface area contributed by atoms with Crippen LogP contribution in [0.5, 0.6) is 5.75 Å². The minimum atomic E-state index is -3.89. The Morgan fingerprint density at radius 3 is 2.30 bits per heavy atom. The lowest BCUT2D eigenvalue weighted by molar-refractivity contribution is 0.0948. The molecular formula is C22H28N2O5S. The number of sulfonamides is 1. The molecule has 8 heteroatoms. The average molecular weight is 433 g/mol. The molecule has 2 rings (SSSR count). The van der Waals surface area contributed by atoms with E-state index in [1.807, 2.05) is 30.3 Å². The Hall–Kier alpha value is -2.84. The van der Waals surface area contributed by atoms with E-state index in [1.165, 1.54) is 18.1 Å². The van der Waals surface area contributed by atoms with Gasteiger partial charge in [-0.05, 0) is 36.6 Å². The summed E-state index contributed by atoms with van der Waals surface area (Å²) in [7, 11) is 0.710. The maximum absolute atomic E-state index is 13.1. The molecule has 2 aromatic rings. The molecule has 1 N–H and O–H groups in total. The minimum Gasteiger partial charge on any atom is -0.495 e. The fraction of sp³-hybridized carbons (Fsp3) is 0.318. The lowest BCUT2D eigenvalue weighted by Gasteiger charge is -2.24. The molecule has 0 aliphatic heterocycles. The third-order valence-electron chi connectivity index (χ3n) is 4.54.